The summed E-state index contributed by atoms with van der Waals surface area (Å²) >= 11 is -1.79. The van der Waals surface area contributed by atoms with Gasteiger partial charge in [0.05, 0.1) is 0 Å². The van der Waals surface area contributed by atoms with E-state index in [4.69, 9.17) is 5.26 Å². The van der Waals surface area contributed by atoms with Crippen LogP contribution in [0.4, 0.5) is 0 Å². The number of nitriles is 1. The van der Waals surface area contributed by atoms with Crippen molar-refractivity contribution in [1.82, 2.24) is 5.60 Å². The summed E-state index contributed by atoms with van der Waals surface area (Å²) in [5, 5.41) is 8.92. The molecule has 0 aromatic rings. The van der Waals surface area contributed by atoms with Gasteiger partial charge in [0.25, 0.3) is 0 Å². The van der Waals surface area contributed by atoms with Gasteiger partial charge in [0.15, 0.2) is 0 Å². The van der Waals surface area contributed by atoms with E-state index in [1.807, 2.05) is 0 Å². The molecule has 1 aliphatic rings. The summed E-state index contributed by atoms with van der Waals surface area (Å²) in [6.07, 6.45) is 2.01. The summed E-state index contributed by atoms with van der Waals surface area (Å²) < 4.78 is 6.73. The van der Waals surface area contributed by atoms with Gasteiger partial charge in [-0.15, -0.1) is 0 Å². The molecule has 0 bridgehead atoms. The third kappa shape index (κ3) is 3.66. The van der Waals surface area contributed by atoms with Crippen LogP contribution in [0.2, 0.25) is 4.08 Å². The molecule has 0 N–H and O–H groups in total. The Hall–Kier alpha value is 0.306. The maximum atomic E-state index is 8.92. The molecule has 0 aliphatic carbocycles. The summed E-state index contributed by atoms with van der Waals surface area (Å²) in [4.78, 5) is 0. The Balaban J connectivity index is 2.96. The van der Waals surface area contributed by atoms with E-state index in [1.54, 1.807) is 0 Å². The van der Waals surface area contributed by atoms with Crippen LogP contribution in [0.3, 0.4) is 0 Å². The Labute approximate surface area is 122 Å². The van der Waals surface area contributed by atoms with E-state index in [9.17, 15) is 0 Å². The average Bonchev–Trinajstić information content (AvgIpc) is 2.23. The first-order chi connectivity index (χ1) is 8.40. The van der Waals surface area contributed by atoms with E-state index < -0.39 is 22.7 Å². The Kier molecular flexibility index (Phi) is 6.53. The van der Waals surface area contributed by atoms with Gasteiger partial charge in [0.2, 0.25) is 0 Å². The molecule has 1 rings (SSSR count). The second-order valence-corrected chi connectivity index (χ2v) is 13.3. The van der Waals surface area contributed by atoms with E-state index >= 15 is 0 Å². The molecule has 2 atom stereocenters. The molecule has 0 amide bonds. The molecule has 3 nitrogen and oxygen atoms in total. The van der Waals surface area contributed by atoms with Crippen LogP contribution in [0.5, 0.6) is 0 Å². The second-order valence-electron chi connectivity index (χ2n) is 5.79. The van der Waals surface area contributed by atoms with Crippen molar-refractivity contribution in [2.45, 2.75) is 82.6 Å². The SMILES string of the molecule is CC(C)[N]1C(C)CC(C)[N](C(C)C)[Po]1[CH2]CC#N. The molecule has 1 fully saturated rings. The van der Waals surface area contributed by atoms with Gasteiger partial charge in [-0.3, -0.25) is 0 Å². The molecule has 105 valence electrons. The van der Waals surface area contributed by atoms with Crippen molar-refractivity contribution in [3.05, 3.63) is 0 Å². The van der Waals surface area contributed by atoms with E-state index in [-0.39, 0.29) is 0 Å². The Bertz CT molecular complexity index is 278. The molecular weight excluding hydrogens is 419 g/mol. The van der Waals surface area contributed by atoms with Crippen LogP contribution >= 0.6 is 0 Å². The third-order valence-electron chi connectivity index (χ3n) is 3.45. The molecule has 1 aliphatic heterocycles. The predicted molar refractivity (Wildman–Crippen MR) is 78.3 cm³/mol. The summed E-state index contributed by atoms with van der Waals surface area (Å²) in [5.41, 5.74) is 0. The van der Waals surface area contributed by atoms with Crippen LogP contribution in [-0.4, -0.2) is 52.4 Å². The van der Waals surface area contributed by atoms with Crippen LogP contribution in [0.1, 0.15) is 54.4 Å². The van der Waals surface area contributed by atoms with Gasteiger partial charge < -0.3 is 0 Å². The van der Waals surface area contributed by atoms with Gasteiger partial charge in [-0.25, -0.2) is 0 Å². The van der Waals surface area contributed by atoms with Crippen molar-refractivity contribution >= 4 is 22.7 Å². The Morgan fingerprint density at radius 2 is 1.56 bits per heavy atom. The van der Waals surface area contributed by atoms with E-state index in [1.165, 1.54) is 6.42 Å². The van der Waals surface area contributed by atoms with Gasteiger partial charge in [-0.2, -0.15) is 0 Å². The van der Waals surface area contributed by atoms with Crippen LogP contribution in [0.15, 0.2) is 0 Å². The first-order valence-corrected chi connectivity index (χ1v) is 12.1. The summed E-state index contributed by atoms with van der Waals surface area (Å²) in [6, 6.07) is 5.00. The molecule has 1 saturated heterocycles. The molecule has 18 heavy (non-hydrogen) atoms. The fourth-order valence-corrected chi connectivity index (χ4v) is 14.3. The average molecular weight is 447 g/mol. The van der Waals surface area contributed by atoms with Gasteiger partial charge in [0, 0.05) is 0 Å². The summed E-state index contributed by atoms with van der Waals surface area (Å²) in [6.45, 7) is 14.0. The number of nitrogens with zero attached hydrogens (tertiary/aromatic N) is 3. The van der Waals surface area contributed by atoms with Crippen molar-refractivity contribution < 1.29 is 0 Å². The fourth-order valence-electron chi connectivity index (χ4n) is 3.08. The summed E-state index contributed by atoms with van der Waals surface area (Å²) in [5.74, 6) is 0. The molecule has 0 aromatic carbocycles. The second kappa shape index (κ2) is 7.19. The first kappa shape index (κ1) is 16.4. The van der Waals surface area contributed by atoms with E-state index in [0.29, 0.717) is 24.2 Å². The van der Waals surface area contributed by atoms with E-state index in [2.05, 4.69) is 53.2 Å². The minimum atomic E-state index is -1.79. The molecule has 0 spiro atoms. The van der Waals surface area contributed by atoms with Gasteiger partial charge >= 0.3 is 122 Å². The van der Waals surface area contributed by atoms with Crippen LogP contribution in [0, 0.1) is 11.3 Å². The quantitative estimate of drug-likeness (QED) is 0.664. The topological polar surface area (TPSA) is 30.3 Å². The Morgan fingerprint density at radius 1 is 1.11 bits per heavy atom. The Morgan fingerprint density at radius 3 is 1.89 bits per heavy atom. The third-order valence-corrected chi connectivity index (χ3v) is 15.5. The fraction of sp³-hybridized carbons (Fsp3) is 0.929. The van der Waals surface area contributed by atoms with Crippen molar-refractivity contribution in [3.8, 4) is 6.07 Å². The minimum absolute atomic E-state index is 0.626. The van der Waals surface area contributed by atoms with Gasteiger partial charge in [-0.1, -0.05) is 0 Å². The molecular formula is C14H28N3Po. The van der Waals surface area contributed by atoms with Crippen molar-refractivity contribution in [1.29, 1.82) is 5.26 Å². The van der Waals surface area contributed by atoms with Gasteiger partial charge in [-0.05, 0) is 0 Å². The molecule has 0 aromatic heterocycles. The molecule has 2 unspecified atom stereocenters. The predicted octanol–water partition coefficient (Wildman–Crippen LogP) is 2.99. The van der Waals surface area contributed by atoms with Crippen molar-refractivity contribution in [2.75, 3.05) is 0 Å². The number of rotatable bonds is 4. The number of hydrogen-bond donors (Lipinski definition) is 0. The van der Waals surface area contributed by atoms with Crippen LogP contribution in [-0.2, 0) is 0 Å². The zero-order valence-electron chi connectivity index (χ0n) is 12.7. The summed E-state index contributed by atoms with van der Waals surface area (Å²) in [7, 11) is 0. The monoisotopic (exact) mass is 447 g/mol. The maximum absolute atomic E-state index is 8.92. The standard InChI is InChI=1S/C11H24N2.C3H4N.Po/c1-8(2)12-10(5)7-11(6)13-9(3)4;1-2-3-4;/h8-11H,7H2,1-6H3;1-2H2;/q-2;;+2. The van der Waals surface area contributed by atoms with Crippen molar-refractivity contribution in [2.24, 2.45) is 0 Å². The first-order valence-electron chi connectivity index (χ1n) is 7.04. The number of hydrogen-bond acceptors (Lipinski definition) is 3. The van der Waals surface area contributed by atoms with Crippen LogP contribution in [0.25, 0.3) is 0 Å². The zero-order chi connectivity index (χ0) is 13.9. The normalized spacial score (nSPS) is 27.9. The van der Waals surface area contributed by atoms with Gasteiger partial charge in [0.1, 0.15) is 0 Å². The molecule has 1 heterocycles. The van der Waals surface area contributed by atoms with Crippen molar-refractivity contribution in [3.63, 3.8) is 0 Å². The zero-order valence-corrected chi connectivity index (χ0v) is 15.9. The van der Waals surface area contributed by atoms with E-state index in [0.717, 1.165) is 10.5 Å². The van der Waals surface area contributed by atoms with Crippen LogP contribution < -0.4 is 0 Å². The molecule has 1 radical (unpaired) electrons. The molecule has 0 saturated carbocycles. The molecule has 4 heteroatoms.